The van der Waals surface area contributed by atoms with Gasteiger partial charge in [-0.3, -0.25) is 9.69 Å². The molecule has 26 heavy (non-hydrogen) atoms. The fraction of sp³-hybridized carbons (Fsp3) is 0.579. The Morgan fingerprint density at radius 1 is 1.46 bits per heavy atom. The first-order valence-corrected chi connectivity index (χ1v) is 10.0. The highest BCUT2D eigenvalue weighted by molar-refractivity contribution is 7.11. The average Bonchev–Trinajstić information content (AvgIpc) is 3.28. The Morgan fingerprint density at radius 2 is 2.31 bits per heavy atom. The number of hydrogen-bond acceptors (Lipinski definition) is 5. The van der Waals surface area contributed by atoms with Crippen molar-refractivity contribution in [1.29, 1.82) is 0 Å². The normalized spacial score (nSPS) is 21.8. The number of thiophene rings is 1. The summed E-state index contributed by atoms with van der Waals surface area (Å²) in [5.41, 5.74) is 0.000253. The third-order valence-electron chi connectivity index (χ3n) is 5.56. The minimum Gasteiger partial charge on any atom is -0.372 e. The van der Waals surface area contributed by atoms with Gasteiger partial charge in [0.05, 0.1) is 5.60 Å². The number of amides is 1. The third-order valence-corrected chi connectivity index (χ3v) is 6.55. The molecule has 0 radical (unpaired) electrons. The molecule has 7 heteroatoms. The van der Waals surface area contributed by atoms with Crippen molar-refractivity contribution in [3.05, 3.63) is 40.1 Å². The maximum atomic E-state index is 12.2. The van der Waals surface area contributed by atoms with Crippen LogP contribution in [0.4, 0.5) is 0 Å². The molecule has 0 aliphatic carbocycles. The average molecular weight is 375 g/mol. The predicted molar refractivity (Wildman–Crippen MR) is 101 cm³/mol. The van der Waals surface area contributed by atoms with Crippen molar-refractivity contribution in [2.45, 2.75) is 31.9 Å². The van der Waals surface area contributed by atoms with E-state index in [0.29, 0.717) is 18.3 Å². The standard InChI is InChI=1S/C19H26N4O2S/c1-14-3-4-16(26-14)11-23-12-19(13-23)15(6-10-25-19)5-7-21-18(24)17-20-8-9-22(17)2/h3-4,8-9,15H,5-7,10-13H2,1-2H3,(H,21,24)/t15-/m0/s1. The lowest BCUT2D eigenvalue weighted by molar-refractivity contribution is -0.136. The van der Waals surface area contributed by atoms with Crippen molar-refractivity contribution in [2.75, 3.05) is 26.2 Å². The smallest absolute Gasteiger partial charge is 0.287 e. The zero-order chi connectivity index (χ0) is 18.1. The summed E-state index contributed by atoms with van der Waals surface area (Å²) in [6, 6.07) is 4.42. The number of carbonyl (C=O) groups is 1. The number of imidazole rings is 1. The van der Waals surface area contributed by atoms with Crippen molar-refractivity contribution in [2.24, 2.45) is 13.0 Å². The highest BCUT2D eigenvalue weighted by Crippen LogP contribution is 2.42. The number of rotatable bonds is 6. The Bertz CT molecular complexity index is 778. The van der Waals surface area contributed by atoms with Crippen molar-refractivity contribution in [3.8, 4) is 0 Å². The van der Waals surface area contributed by atoms with Crippen LogP contribution >= 0.6 is 11.3 Å². The molecular weight excluding hydrogens is 348 g/mol. The second-order valence-electron chi connectivity index (χ2n) is 7.46. The number of nitrogens with zero attached hydrogens (tertiary/aromatic N) is 3. The first-order chi connectivity index (χ1) is 12.6. The monoisotopic (exact) mass is 374 g/mol. The molecule has 2 aromatic rings. The molecule has 2 aliphatic heterocycles. The molecule has 4 heterocycles. The summed E-state index contributed by atoms with van der Waals surface area (Å²) in [6.45, 7) is 6.69. The first kappa shape index (κ1) is 17.7. The van der Waals surface area contributed by atoms with Gasteiger partial charge in [-0.1, -0.05) is 0 Å². The van der Waals surface area contributed by atoms with Gasteiger partial charge in [0.25, 0.3) is 5.91 Å². The van der Waals surface area contributed by atoms with E-state index in [-0.39, 0.29) is 11.5 Å². The largest absolute Gasteiger partial charge is 0.372 e. The summed E-state index contributed by atoms with van der Waals surface area (Å²) in [4.78, 5) is 21.5. The lowest BCUT2D eigenvalue weighted by Gasteiger charge is -2.50. The summed E-state index contributed by atoms with van der Waals surface area (Å²) >= 11 is 1.88. The van der Waals surface area contributed by atoms with Crippen LogP contribution in [0.3, 0.4) is 0 Å². The van der Waals surface area contributed by atoms with Gasteiger partial charge in [-0.05, 0) is 37.8 Å². The van der Waals surface area contributed by atoms with Gasteiger partial charge in [0.1, 0.15) is 0 Å². The van der Waals surface area contributed by atoms with E-state index in [1.807, 2.05) is 18.4 Å². The van der Waals surface area contributed by atoms with E-state index in [2.05, 4.69) is 34.3 Å². The van der Waals surface area contributed by atoms with Gasteiger partial charge < -0.3 is 14.6 Å². The molecule has 1 N–H and O–H groups in total. The molecule has 0 unspecified atom stereocenters. The second-order valence-corrected chi connectivity index (χ2v) is 8.84. The molecule has 0 saturated carbocycles. The maximum Gasteiger partial charge on any atom is 0.287 e. The van der Waals surface area contributed by atoms with Gasteiger partial charge in [0.15, 0.2) is 5.82 Å². The highest BCUT2D eigenvalue weighted by Gasteiger charge is 2.52. The zero-order valence-corrected chi connectivity index (χ0v) is 16.2. The van der Waals surface area contributed by atoms with Crippen LogP contribution in [0.1, 0.15) is 33.2 Å². The Labute approximate surface area is 158 Å². The summed E-state index contributed by atoms with van der Waals surface area (Å²) in [5, 5.41) is 3.00. The molecule has 2 saturated heterocycles. The van der Waals surface area contributed by atoms with E-state index in [1.165, 1.54) is 9.75 Å². The van der Waals surface area contributed by atoms with Crippen LogP contribution in [0.15, 0.2) is 24.5 Å². The van der Waals surface area contributed by atoms with Gasteiger partial charge >= 0.3 is 0 Å². The molecule has 0 bridgehead atoms. The fourth-order valence-corrected chi connectivity index (χ4v) is 5.11. The van der Waals surface area contributed by atoms with Gasteiger partial charge in [0.2, 0.25) is 0 Å². The van der Waals surface area contributed by atoms with Crippen LogP contribution in [0.25, 0.3) is 0 Å². The van der Waals surface area contributed by atoms with E-state index in [0.717, 1.165) is 39.1 Å². The summed E-state index contributed by atoms with van der Waals surface area (Å²) in [5.74, 6) is 0.878. The molecule has 2 fully saturated rings. The number of ether oxygens (including phenoxy) is 1. The molecule has 2 aromatic heterocycles. The fourth-order valence-electron chi connectivity index (χ4n) is 4.18. The third kappa shape index (κ3) is 3.43. The molecule has 2 aliphatic rings. The Balaban J connectivity index is 1.25. The minimum atomic E-state index is -0.103. The first-order valence-electron chi connectivity index (χ1n) is 9.23. The SMILES string of the molecule is Cc1ccc(CN2CC3(C2)OCC[C@@H]3CCNC(=O)c2nccn2C)s1. The molecule has 1 atom stereocenters. The molecular formula is C19H26N4O2S. The van der Waals surface area contributed by atoms with E-state index < -0.39 is 0 Å². The van der Waals surface area contributed by atoms with Gasteiger partial charge in [-0.15, -0.1) is 11.3 Å². The zero-order valence-electron chi connectivity index (χ0n) is 15.4. The van der Waals surface area contributed by atoms with Crippen LogP contribution in [0.2, 0.25) is 0 Å². The molecule has 1 spiro atoms. The minimum absolute atomic E-state index is 0.000253. The molecule has 1 amide bonds. The topological polar surface area (TPSA) is 59.4 Å². The van der Waals surface area contributed by atoms with Crippen LogP contribution in [0, 0.1) is 12.8 Å². The van der Waals surface area contributed by atoms with Crippen LogP contribution in [-0.4, -0.2) is 52.2 Å². The van der Waals surface area contributed by atoms with Crippen LogP contribution < -0.4 is 5.32 Å². The highest BCUT2D eigenvalue weighted by atomic mass is 32.1. The van der Waals surface area contributed by atoms with Gasteiger partial charge in [0, 0.05) is 62.0 Å². The van der Waals surface area contributed by atoms with Crippen molar-refractivity contribution < 1.29 is 9.53 Å². The Kier molecular flexibility index (Phi) is 4.86. The van der Waals surface area contributed by atoms with E-state index >= 15 is 0 Å². The molecule has 4 rings (SSSR count). The van der Waals surface area contributed by atoms with E-state index in [1.54, 1.807) is 17.0 Å². The number of likely N-dealkylation sites (tertiary alicyclic amines) is 1. The Morgan fingerprint density at radius 3 is 3.00 bits per heavy atom. The Hall–Kier alpha value is -1.70. The number of aromatic nitrogens is 2. The summed E-state index contributed by atoms with van der Waals surface area (Å²) in [7, 11) is 1.83. The van der Waals surface area contributed by atoms with Gasteiger partial charge in [-0.25, -0.2) is 4.98 Å². The van der Waals surface area contributed by atoms with Gasteiger partial charge in [-0.2, -0.15) is 0 Å². The van der Waals surface area contributed by atoms with Crippen molar-refractivity contribution >= 4 is 17.2 Å². The van der Waals surface area contributed by atoms with E-state index in [9.17, 15) is 4.79 Å². The summed E-state index contributed by atoms with van der Waals surface area (Å²) < 4.78 is 7.89. The van der Waals surface area contributed by atoms with Crippen LogP contribution in [0.5, 0.6) is 0 Å². The second kappa shape index (κ2) is 7.13. The quantitative estimate of drug-likeness (QED) is 0.842. The number of nitrogens with one attached hydrogen (secondary N) is 1. The number of carbonyl (C=O) groups excluding carboxylic acids is 1. The lowest BCUT2D eigenvalue weighted by atomic mass is 9.79. The van der Waals surface area contributed by atoms with Crippen molar-refractivity contribution in [3.63, 3.8) is 0 Å². The molecule has 0 aromatic carbocycles. The van der Waals surface area contributed by atoms with E-state index in [4.69, 9.17) is 4.74 Å². The molecule has 140 valence electrons. The lowest BCUT2D eigenvalue weighted by Crippen LogP contribution is -2.64. The van der Waals surface area contributed by atoms with Crippen molar-refractivity contribution in [1.82, 2.24) is 19.8 Å². The predicted octanol–water partition coefficient (Wildman–Crippen LogP) is 2.20. The number of hydrogen-bond donors (Lipinski definition) is 1. The molecule has 6 nitrogen and oxygen atoms in total. The van der Waals surface area contributed by atoms with Crippen LogP contribution in [-0.2, 0) is 18.3 Å². The summed E-state index contributed by atoms with van der Waals surface area (Å²) in [6.07, 6.45) is 5.48. The number of aryl methyl sites for hydroxylation is 2. The maximum absolute atomic E-state index is 12.2.